The van der Waals surface area contributed by atoms with E-state index in [1.54, 1.807) is 12.4 Å². The third-order valence-corrected chi connectivity index (χ3v) is 4.09. The van der Waals surface area contributed by atoms with Gasteiger partial charge in [0.05, 0.1) is 6.61 Å². The Morgan fingerprint density at radius 1 is 1.33 bits per heavy atom. The zero-order valence-corrected chi connectivity index (χ0v) is 15.2. The second-order valence-electron chi connectivity index (χ2n) is 7.48. The highest BCUT2D eigenvalue weighted by Crippen LogP contribution is 2.22. The van der Waals surface area contributed by atoms with Crippen LogP contribution in [0.15, 0.2) is 24.5 Å². The van der Waals surface area contributed by atoms with Gasteiger partial charge in [-0.25, -0.2) is 4.79 Å². The van der Waals surface area contributed by atoms with Crippen LogP contribution in [0.25, 0.3) is 0 Å². The number of hydrogen-bond donors (Lipinski definition) is 0. The highest BCUT2D eigenvalue weighted by atomic mass is 16.6. The molecule has 1 unspecified atom stereocenters. The molecule has 0 saturated carbocycles. The predicted octanol–water partition coefficient (Wildman–Crippen LogP) is 4.03. The molecule has 0 spiro atoms. The normalized spacial score (nSPS) is 18.5. The lowest BCUT2D eigenvalue weighted by molar-refractivity contribution is 0.0155. The van der Waals surface area contributed by atoms with Crippen molar-refractivity contribution in [1.82, 2.24) is 9.88 Å². The summed E-state index contributed by atoms with van der Waals surface area (Å²) in [7, 11) is 0. The number of pyridine rings is 1. The minimum absolute atomic E-state index is 0.180. The van der Waals surface area contributed by atoms with E-state index < -0.39 is 5.60 Å². The van der Waals surface area contributed by atoms with Gasteiger partial charge in [0.25, 0.3) is 0 Å². The molecule has 0 radical (unpaired) electrons. The Bertz CT molecular complexity index is 499. The number of carbonyl (C=O) groups is 1. The maximum absolute atomic E-state index is 12.2. The number of likely N-dealkylation sites (tertiary alicyclic amines) is 1. The van der Waals surface area contributed by atoms with Gasteiger partial charge in [-0.1, -0.05) is 0 Å². The Kier molecular flexibility index (Phi) is 7.03. The van der Waals surface area contributed by atoms with Crippen molar-refractivity contribution >= 4 is 6.09 Å². The number of ether oxygens (including phenoxy) is 2. The highest BCUT2D eigenvalue weighted by Gasteiger charge is 2.27. The van der Waals surface area contributed by atoms with Crippen molar-refractivity contribution in [3.8, 4) is 0 Å². The Labute approximate surface area is 145 Å². The molecule has 1 aromatic rings. The maximum Gasteiger partial charge on any atom is 0.410 e. The SMILES string of the molecule is CC(C)(C)OC(=O)N1CCCC(CCCOCc2ccncc2)C1. The van der Waals surface area contributed by atoms with Gasteiger partial charge in [-0.05, 0) is 70.1 Å². The molecule has 5 heteroatoms. The van der Waals surface area contributed by atoms with E-state index in [1.165, 1.54) is 6.42 Å². The molecule has 1 fully saturated rings. The van der Waals surface area contributed by atoms with E-state index >= 15 is 0 Å². The first-order valence-electron chi connectivity index (χ1n) is 8.88. The van der Waals surface area contributed by atoms with E-state index in [0.29, 0.717) is 12.5 Å². The van der Waals surface area contributed by atoms with Gasteiger partial charge >= 0.3 is 6.09 Å². The molecule has 1 aliphatic heterocycles. The third kappa shape index (κ3) is 6.87. The largest absolute Gasteiger partial charge is 0.444 e. The van der Waals surface area contributed by atoms with Crippen LogP contribution in [0.3, 0.4) is 0 Å². The van der Waals surface area contributed by atoms with Crippen LogP contribution in [0, 0.1) is 5.92 Å². The first-order chi connectivity index (χ1) is 11.4. The molecular formula is C19H30N2O3. The lowest BCUT2D eigenvalue weighted by Crippen LogP contribution is -2.42. The smallest absolute Gasteiger partial charge is 0.410 e. The van der Waals surface area contributed by atoms with Crippen molar-refractivity contribution in [2.24, 2.45) is 5.92 Å². The van der Waals surface area contributed by atoms with Crippen LogP contribution in [-0.4, -0.2) is 41.3 Å². The van der Waals surface area contributed by atoms with E-state index in [2.05, 4.69) is 4.98 Å². The van der Waals surface area contributed by atoms with Gasteiger partial charge in [0.1, 0.15) is 5.60 Å². The van der Waals surface area contributed by atoms with Crippen LogP contribution in [0.1, 0.15) is 52.0 Å². The molecule has 5 nitrogen and oxygen atoms in total. The number of rotatable bonds is 6. The van der Waals surface area contributed by atoms with Gasteiger partial charge in [-0.2, -0.15) is 0 Å². The Balaban J connectivity index is 1.63. The lowest BCUT2D eigenvalue weighted by Gasteiger charge is -2.34. The van der Waals surface area contributed by atoms with E-state index in [-0.39, 0.29) is 6.09 Å². The second-order valence-corrected chi connectivity index (χ2v) is 7.48. The summed E-state index contributed by atoms with van der Waals surface area (Å²) >= 11 is 0. The monoisotopic (exact) mass is 334 g/mol. The molecule has 0 bridgehead atoms. The van der Waals surface area contributed by atoms with Crippen LogP contribution in [-0.2, 0) is 16.1 Å². The summed E-state index contributed by atoms with van der Waals surface area (Å²) in [5.74, 6) is 0.552. The number of aromatic nitrogens is 1. The van der Waals surface area contributed by atoms with E-state index in [9.17, 15) is 4.79 Å². The zero-order chi connectivity index (χ0) is 17.4. The maximum atomic E-state index is 12.2. The molecule has 2 rings (SSSR count). The summed E-state index contributed by atoms with van der Waals surface area (Å²) in [6.45, 7) is 8.73. The van der Waals surface area contributed by atoms with Gasteiger partial charge < -0.3 is 14.4 Å². The number of nitrogens with zero attached hydrogens (tertiary/aromatic N) is 2. The standard InChI is InChI=1S/C19H30N2O3/c1-19(2,3)24-18(22)21-12-4-6-16(14-21)7-5-13-23-15-17-8-10-20-11-9-17/h8-11,16H,4-7,12-15H2,1-3H3. The Morgan fingerprint density at radius 3 is 2.79 bits per heavy atom. The van der Waals surface area contributed by atoms with Crippen LogP contribution in [0.4, 0.5) is 4.79 Å². The van der Waals surface area contributed by atoms with Crippen molar-refractivity contribution in [3.05, 3.63) is 30.1 Å². The summed E-state index contributed by atoms with van der Waals surface area (Å²) in [4.78, 5) is 18.0. The first-order valence-corrected chi connectivity index (χ1v) is 8.88. The molecule has 134 valence electrons. The average Bonchev–Trinajstić information content (AvgIpc) is 2.54. The lowest BCUT2D eigenvalue weighted by atomic mass is 9.94. The quantitative estimate of drug-likeness (QED) is 0.737. The van der Waals surface area contributed by atoms with Crippen LogP contribution in [0.2, 0.25) is 0 Å². The summed E-state index contributed by atoms with van der Waals surface area (Å²) in [5.41, 5.74) is 0.726. The molecule has 0 N–H and O–H groups in total. The van der Waals surface area contributed by atoms with Crippen molar-refractivity contribution < 1.29 is 14.3 Å². The van der Waals surface area contributed by atoms with Gasteiger partial charge in [0.2, 0.25) is 0 Å². The zero-order valence-electron chi connectivity index (χ0n) is 15.2. The van der Waals surface area contributed by atoms with Gasteiger partial charge in [-0.15, -0.1) is 0 Å². The average molecular weight is 334 g/mol. The van der Waals surface area contributed by atoms with E-state index in [4.69, 9.17) is 9.47 Å². The van der Waals surface area contributed by atoms with Crippen molar-refractivity contribution in [1.29, 1.82) is 0 Å². The van der Waals surface area contributed by atoms with Crippen LogP contribution in [0.5, 0.6) is 0 Å². The number of amides is 1. The molecule has 0 aliphatic carbocycles. The van der Waals surface area contributed by atoms with Crippen molar-refractivity contribution in [2.45, 2.75) is 58.7 Å². The summed E-state index contributed by atoms with van der Waals surface area (Å²) in [5, 5.41) is 0. The molecule has 1 atom stereocenters. The molecule has 2 heterocycles. The molecule has 24 heavy (non-hydrogen) atoms. The number of carbonyl (C=O) groups excluding carboxylic acids is 1. The van der Waals surface area contributed by atoms with Crippen LogP contribution < -0.4 is 0 Å². The second kappa shape index (κ2) is 9.02. The Morgan fingerprint density at radius 2 is 2.08 bits per heavy atom. The first kappa shape index (κ1) is 18.7. The topological polar surface area (TPSA) is 51.7 Å². The fourth-order valence-corrected chi connectivity index (χ4v) is 2.94. The van der Waals surface area contributed by atoms with Crippen molar-refractivity contribution in [3.63, 3.8) is 0 Å². The van der Waals surface area contributed by atoms with Crippen LogP contribution >= 0.6 is 0 Å². The predicted molar refractivity (Wildman–Crippen MR) is 93.7 cm³/mol. The van der Waals surface area contributed by atoms with Gasteiger partial charge in [-0.3, -0.25) is 4.98 Å². The molecule has 1 aliphatic rings. The summed E-state index contributed by atoms with van der Waals surface area (Å²) < 4.78 is 11.2. The minimum Gasteiger partial charge on any atom is -0.444 e. The number of piperidine rings is 1. The van der Waals surface area contributed by atoms with E-state index in [1.807, 2.05) is 37.8 Å². The summed E-state index contributed by atoms with van der Waals surface area (Å²) in [6.07, 6.45) is 7.75. The Hall–Kier alpha value is -1.62. The molecule has 1 aromatic heterocycles. The summed E-state index contributed by atoms with van der Waals surface area (Å²) in [6, 6.07) is 3.94. The number of hydrogen-bond acceptors (Lipinski definition) is 4. The van der Waals surface area contributed by atoms with Gasteiger partial charge in [0, 0.05) is 32.1 Å². The molecule has 0 aromatic carbocycles. The minimum atomic E-state index is -0.426. The highest BCUT2D eigenvalue weighted by molar-refractivity contribution is 5.68. The van der Waals surface area contributed by atoms with Gasteiger partial charge in [0.15, 0.2) is 0 Å². The molecular weight excluding hydrogens is 304 g/mol. The fourth-order valence-electron chi connectivity index (χ4n) is 2.94. The van der Waals surface area contributed by atoms with E-state index in [0.717, 1.165) is 44.5 Å². The molecule has 1 amide bonds. The van der Waals surface area contributed by atoms with Crippen molar-refractivity contribution in [2.75, 3.05) is 19.7 Å². The third-order valence-electron chi connectivity index (χ3n) is 4.09. The molecule has 1 saturated heterocycles. The fraction of sp³-hybridized carbons (Fsp3) is 0.684.